The van der Waals surface area contributed by atoms with Gasteiger partial charge in [0.25, 0.3) is 0 Å². The summed E-state index contributed by atoms with van der Waals surface area (Å²) in [7, 11) is 1.68. The van der Waals surface area contributed by atoms with Crippen molar-refractivity contribution in [2.45, 2.75) is 75.8 Å². The third-order valence-corrected chi connectivity index (χ3v) is 9.79. The Morgan fingerprint density at radius 2 is 1.80 bits per heavy atom. The topological polar surface area (TPSA) is 197 Å². The molecule has 50 heavy (non-hydrogen) atoms. The van der Waals surface area contributed by atoms with Gasteiger partial charge in [-0.1, -0.05) is 47.7 Å². The molecular weight excluding hydrogens is 644 g/mol. The fourth-order valence-electron chi connectivity index (χ4n) is 6.41. The van der Waals surface area contributed by atoms with Gasteiger partial charge < -0.3 is 36.0 Å². The highest BCUT2D eigenvalue weighted by Gasteiger charge is 2.55. The molecule has 15 heteroatoms. The van der Waals surface area contributed by atoms with Crippen LogP contribution in [0.25, 0.3) is 0 Å². The van der Waals surface area contributed by atoms with Gasteiger partial charge in [0, 0.05) is 32.4 Å². The van der Waals surface area contributed by atoms with E-state index >= 15 is 0 Å². The second-order valence-electron chi connectivity index (χ2n) is 13.3. The van der Waals surface area contributed by atoms with Crippen LogP contribution >= 0.6 is 0 Å². The van der Waals surface area contributed by atoms with E-state index in [0.29, 0.717) is 29.8 Å². The molecule has 7 rings (SSSR count). The lowest BCUT2D eigenvalue weighted by molar-refractivity contribution is -0.144. The first-order valence-corrected chi connectivity index (χ1v) is 16.8. The van der Waals surface area contributed by atoms with Crippen LogP contribution in [0.4, 0.5) is 0 Å². The Kier molecular flexibility index (Phi) is 10.1. The number of likely N-dealkylation sites (tertiary alicyclic amines) is 1. The van der Waals surface area contributed by atoms with Crippen LogP contribution in [0.2, 0.25) is 0 Å². The molecule has 1 saturated heterocycles. The number of benzene rings is 2. The number of carboxylic acids is 1. The lowest BCUT2D eigenvalue weighted by Crippen LogP contribution is -2.57. The summed E-state index contributed by atoms with van der Waals surface area (Å²) in [6.07, 6.45) is 3.12. The quantitative estimate of drug-likeness (QED) is 0.221. The third-order valence-electron chi connectivity index (χ3n) is 9.79. The van der Waals surface area contributed by atoms with Gasteiger partial charge in [0.1, 0.15) is 36.2 Å². The summed E-state index contributed by atoms with van der Waals surface area (Å²) >= 11 is 0. The Bertz CT molecular complexity index is 1730. The largest absolute Gasteiger partial charge is 0.487 e. The highest BCUT2D eigenvalue weighted by molar-refractivity contribution is 5.96. The van der Waals surface area contributed by atoms with E-state index in [2.05, 4.69) is 31.6 Å². The summed E-state index contributed by atoms with van der Waals surface area (Å²) in [6.45, 7) is 2.12. The van der Waals surface area contributed by atoms with Crippen LogP contribution < -0.4 is 26.0 Å². The van der Waals surface area contributed by atoms with Crippen LogP contribution in [0.3, 0.4) is 0 Å². The molecule has 5 unspecified atom stereocenters. The standard InChI is InChI=1S/C35H42N8O7/c1-21(36-2)30(44)37-20-35(12-13-35)34(49)42-18-25-16-29(42)32(46)38-27(14-22-6-4-3-5-7-22)31(45)39-28(33(47)48)15-23-8-10-26(11-9-23)50-19-24-17-43(25)41-40-24/h3-11,17,21,25,27-29,36H,12-16,18-20H2,1-2H3,(H,37,44)(H,38,46)(H,39,45)(H,47,48). The molecule has 0 spiro atoms. The maximum absolute atomic E-state index is 14.3. The van der Waals surface area contributed by atoms with Crippen molar-refractivity contribution in [2.24, 2.45) is 5.41 Å². The minimum Gasteiger partial charge on any atom is -0.487 e. The number of nitrogens with one attached hydrogen (secondary N) is 4. The molecule has 1 aliphatic carbocycles. The van der Waals surface area contributed by atoms with Crippen molar-refractivity contribution in [3.8, 4) is 5.75 Å². The molecule has 4 amide bonds. The minimum absolute atomic E-state index is 0.0000150. The van der Waals surface area contributed by atoms with E-state index in [1.54, 1.807) is 49.1 Å². The van der Waals surface area contributed by atoms with Crippen molar-refractivity contribution < 1.29 is 33.8 Å². The molecule has 5 N–H and O–H groups in total. The lowest BCUT2D eigenvalue weighted by atomic mass is 10.0. The number of fused-ring (bicyclic) bond motifs is 9. The molecule has 3 aliphatic heterocycles. The number of rotatable bonds is 8. The van der Waals surface area contributed by atoms with Gasteiger partial charge in [0.05, 0.1) is 23.7 Å². The first-order valence-electron chi connectivity index (χ1n) is 16.8. The molecule has 5 atom stereocenters. The third kappa shape index (κ3) is 7.77. The number of amides is 4. The molecule has 4 heterocycles. The van der Waals surface area contributed by atoms with E-state index in [9.17, 15) is 29.1 Å². The van der Waals surface area contributed by atoms with Crippen LogP contribution in [-0.4, -0.2) is 98.9 Å². The van der Waals surface area contributed by atoms with Crippen molar-refractivity contribution in [1.29, 1.82) is 0 Å². The Morgan fingerprint density at radius 1 is 1.06 bits per heavy atom. The summed E-state index contributed by atoms with van der Waals surface area (Å²) < 4.78 is 7.52. The fraction of sp³-hybridized carbons (Fsp3) is 0.457. The SMILES string of the molecule is CNC(C)C(=O)NCC1(C(=O)N2CC3CC2C(=O)NC(Cc2ccccc2)C(=O)NC(C(=O)O)Cc2ccc(cc2)OCc2cn3nn2)CC1. The number of carboxylic acid groups (broad SMARTS) is 1. The van der Waals surface area contributed by atoms with Crippen LogP contribution in [0.5, 0.6) is 5.75 Å². The average molecular weight is 687 g/mol. The molecule has 2 aromatic carbocycles. The minimum atomic E-state index is -1.27. The van der Waals surface area contributed by atoms with Crippen LogP contribution in [-0.2, 0) is 43.4 Å². The summed E-state index contributed by atoms with van der Waals surface area (Å²) in [6, 6.07) is 11.7. The molecular formula is C35H42N8O7. The molecule has 264 valence electrons. The number of carbonyl (C=O) groups is 5. The van der Waals surface area contributed by atoms with E-state index in [0.717, 1.165) is 5.56 Å². The number of nitrogens with zero attached hydrogens (tertiary/aromatic N) is 4. The predicted molar refractivity (Wildman–Crippen MR) is 178 cm³/mol. The second kappa shape index (κ2) is 14.7. The number of aromatic nitrogens is 3. The Labute approximate surface area is 289 Å². The van der Waals surface area contributed by atoms with Crippen molar-refractivity contribution >= 4 is 29.6 Å². The number of aliphatic carboxylic acids is 1. The molecule has 15 nitrogen and oxygen atoms in total. The van der Waals surface area contributed by atoms with Crippen LogP contribution in [0.1, 0.15) is 49.0 Å². The zero-order valence-corrected chi connectivity index (χ0v) is 28.0. The number of carbonyl (C=O) groups excluding carboxylic acids is 4. The van der Waals surface area contributed by atoms with E-state index < -0.39 is 53.4 Å². The van der Waals surface area contributed by atoms with E-state index in [4.69, 9.17) is 4.74 Å². The van der Waals surface area contributed by atoms with Crippen molar-refractivity contribution in [1.82, 2.24) is 41.2 Å². The summed E-state index contributed by atoms with van der Waals surface area (Å²) in [5, 5.41) is 29.9. The number of hydrogen-bond donors (Lipinski definition) is 5. The fourth-order valence-corrected chi connectivity index (χ4v) is 6.41. The van der Waals surface area contributed by atoms with Gasteiger partial charge in [0.15, 0.2) is 0 Å². The Balaban J connectivity index is 1.32. The zero-order valence-electron chi connectivity index (χ0n) is 28.0. The Hall–Kier alpha value is -5.31. The molecule has 6 bridgehead atoms. The van der Waals surface area contributed by atoms with Crippen LogP contribution in [0, 0.1) is 5.41 Å². The zero-order chi connectivity index (χ0) is 35.4. The maximum Gasteiger partial charge on any atom is 0.326 e. The van der Waals surface area contributed by atoms with Crippen molar-refractivity contribution in [2.75, 3.05) is 20.1 Å². The highest BCUT2D eigenvalue weighted by Crippen LogP contribution is 2.48. The van der Waals surface area contributed by atoms with Gasteiger partial charge in [-0.15, -0.1) is 5.10 Å². The van der Waals surface area contributed by atoms with Gasteiger partial charge in [-0.3, -0.25) is 19.2 Å². The van der Waals surface area contributed by atoms with E-state index in [-0.39, 0.29) is 50.8 Å². The molecule has 3 aromatic rings. The summed E-state index contributed by atoms with van der Waals surface area (Å²) in [5.74, 6) is -2.40. The summed E-state index contributed by atoms with van der Waals surface area (Å²) in [5.41, 5.74) is 1.11. The van der Waals surface area contributed by atoms with E-state index in [1.165, 1.54) is 4.90 Å². The Morgan fingerprint density at radius 3 is 2.48 bits per heavy atom. The predicted octanol–water partition coefficient (Wildman–Crippen LogP) is 0.356. The maximum atomic E-state index is 14.3. The second-order valence-corrected chi connectivity index (χ2v) is 13.3. The van der Waals surface area contributed by atoms with Crippen molar-refractivity contribution in [3.05, 3.63) is 77.6 Å². The lowest BCUT2D eigenvalue weighted by Gasteiger charge is -2.30. The monoisotopic (exact) mass is 686 g/mol. The number of ether oxygens (including phenoxy) is 1. The van der Waals surface area contributed by atoms with Gasteiger partial charge >= 0.3 is 5.97 Å². The summed E-state index contributed by atoms with van der Waals surface area (Å²) in [4.78, 5) is 68.7. The smallest absolute Gasteiger partial charge is 0.326 e. The van der Waals surface area contributed by atoms with Gasteiger partial charge in [-0.25, -0.2) is 9.48 Å². The van der Waals surface area contributed by atoms with E-state index in [1.807, 2.05) is 30.3 Å². The van der Waals surface area contributed by atoms with Crippen molar-refractivity contribution in [3.63, 3.8) is 0 Å². The molecule has 1 aromatic heterocycles. The number of likely N-dealkylation sites (N-methyl/N-ethyl adjacent to an activating group) is 1. The van der Waals surface area contributed by atoms with Crippen LogP contribution in [0.15, 0.2) is 60.8 Å². The molecule has 0 radical (unpaired) electrons. The first-order chi connectivity index (χ1) is 24.0. The van der Waals surface area contributed by atoms with Gasteiger partial charge in [-0.2, -0.15) is 0 Å². The first kappa shape index (κ1) is 34.5. The highest BCUT2D eigenvalue weighted by atomic mass is 16.5. The van der Waals surface area contributed by atoms with Gasteiger partial charge in [-0.05, 0) is 50.1 Å². The average Bonchev–Trinajstić information content (AvgIpc) is 3.53. The van der Waals surface area contributed by atoms with Gasteiger partial charge in [0.2, 0.25) is 23.6 Å². The normalized spacial score (nSPS) is 23.7. The molecule has 4 aliphatic rings. The molecule has 1 saturated carbocycles. The molecule has 2 fully saturated rings. The number of hydrogen-bond acceptors (Lipinski definition) is 9.